The van der Waals surface area contributed by atoms with Gasteiger partial charge in [-0.2, -0.15) is 0 Å². The molecule has 96 valence electrons. The molecule has 1 atom stereocenters. The maximum absolute atomic E-state index is 4.30. The molecule has 0 aliphatic carbocycles. The van der Waals surface area contributed by atoms with Gasteiger partial charge in [-0.25, -0.2) is 0 Å². The second-order valence-electron chi connectivity index (χ2n) is 5.27. The van der Waals surface area contributed by atoms with Gasteiger partial charge in [0, 0.05) is 10.1 Å². The molecule has 0 saturated carbocycles. The topological polar surface area (TPSA) is 0 Å². The first-order valence-corrected chi connectivity index (χ1v) is 7.54. The number of rotatable bonds is 1. The van der Waals surface area contributed by atoms with Crippen LogP contribution in [0.15, 0.2) is 53.9 Å². The molecule has 0 aromatic heterocycles. The molecule has 0 saturated heterocycles. The van der Waals surface area contributed by atoms with Crippen molar-refractivity contribution in [2.45, 2.75) is 30.4 Å². The summed E-state index contributed by atoms with van der Waals surface area (Å²) in [6, 6.07) is 15.4. The molecule has 1 aliphatic heterocycles. The third-order valence-corrected chi connectivity index (χ3v) is 5.06. The van der Waals surface area contributed by atoms with Crippen molar-refractivity contribution in [2.24, 2.45) is 0 Å². The zero-order chi connectivity index (χ0) is 13.4. The van der Waals surface area contributed by atoms with Crippen LogP contribution in [0, 0.1) is 13.8 Å². The van der Waals surface area contributed by atoms with E-state index in [1.807, 2.05) is 11.8 Å². The molecule has 2 aromatic carbocycles. The Morgan fingerprint density at radius 1 is 1.05 bits per heavy atom. The van der Waals surface area contributed by atoms with Crippen LogP contribution >= 0.6 is 11.8 Å². The molecule has 0 bridgehead atoms. The van der Waals surface area contributed by atoms with Crippen molar-refractivity contribution in [3.8, 4) is 0 Å². The van der Waals surface area contributed by atoms with Gasteiger partial charge in [-0.3, -0.25) is 0 Å². The van der Waals surface area contributed by atoms with E-state index >= 15 is 0 Å². The van der Waals surface area contributed by atoms with Gasteiger partial charge in [-0.05, 0) is 48.6 Å². The average molecular weight is 266 g/mol. The van der Waals surface area contributed by atoms with Crippen LogP contribution in [-0.4, -0.2) is 0 Å². The largest absolute Gasteiger partial charge is 0.117 e. The highest BCUT2D eigenvalue weighted by Gasteiger charge is 2.24. The van der Waals surface area contributed by atoms with E-state index in [1.165, 1.54) is 32.7 Å². The van der Waals surface area contributed by atoms with Crippen LogP contribution in [0.4, 0.5) is 0 Å². The molecule has 1 aliphatic rings. The highest BCUT2D eigenvalue weighted by atomic mass is 32.2. The van der Waals surface area contributed by atoms with Gasteiger partial charge in [0.2, 0.25) is 0 Å². The van der Waals surface area contributed by atoms with Gasteiger partial charge in [0.25, 0.3) is 0 Å². The Hall–Kier alpha value is -1.47. The minimum absolute atomic E-state index is 0.502. The average Bonchev–Trinajstić information content (AvgIpc) is 2.39. The molecule has 0 radical (unpaired) electrons. The highest BCUT2D eigenvalue weighted by molar-refractivity contribution is 7.99. The van der Waals surface area contributed by atoms with Crippen LogP contribution < -0.4 is 0 Å². The van der Waals surface area contributed by atoms with Crippen LogP contribution in [0.25, 0.3) is 5.57 Å². The van der Waals surface area contributed by atoms with Crippen molar-refractivity contribution < 1.29 is 0 Å². The minimum Gasteiger partial charge on any atom is -0.117 e. The predicted octanol–water partition coefficient (Wildman–Crippen LogP) is 5.55. The summed E-state index contributed by atoms with van der Waals surface area (Å²) in [6.07, 6.45) is 1.05. The van der Waals surface area contributed by atoms with Gasteiger partial charge in [-0.1, -0.05) is 48.5 Å². The Labute approximate surface area is 119 Å². The molecule has 1 heteroatoms. The molecule has 1 heterocycles. The Kier molecular flexibility index (Phi) is 3.24. The number of allylic oxidation sites excluding steroid dienone is 1. The highest BCUT2D eigenvalue weighted by Crippen LogP contribution is 2.49. The van der Waals surface area contributed by atoms with Crippen molar-refractivity contribution in [1.82, 2.24) is 0 Å². The predicted molar refractivity (Wildman–Crippen MR) is 84.6 cm³/mol. The Balaban J connectivity index is 1.97. The number of fused-ring (bicyclic) bond motifs is 1. The number of aryl methyl sites for hydroxylation is 2. The summed E-state index contributed by atoms with van der Waals surface area (Å²) in [5.41, 5.74) is 6.72. The second-order valence-corrected chi connectivity index (χ2v) is 6.52. The molecular weight excluding hydrogens is 248 g/mol. The maximum atomic E-state index is 4.30. The van der Waals surface area contributed by atoms with Crippen molar-refractivity contribution in [3.63, 3.8) is 0 Å². The molecule has 0 nitrogen and oxygen atoms in total. The first-order chi connectivity index (χ1) is 9.15. The van der Waals surface area contributed by atoms with E-state index in [4.69, 9.17) is 0 Å². The standard InChI is InChI=1S/C18H18S/c1-12-7-9-15(10-8-12)17-11-14(3)18-13(2)5-4-6-16(18)19-17/h4-10,17H,3,11H2,1-2H3. The number of benzene rings is 2. The molecular formula is C18H18S. The first-order valence-electron chi connectivity index (χ1n) is 6.66. The van der Waals surface area contributed by atoms with Crippen LogP contribution in [0.1, 0.15) is 33.9 Å². The lowest BCUT2D eigenvalue weighted by atomic mass is 9.95. The van der Waals surface area contributed by atoms with E-state index in [0.717, 1.165) is 6.42 Å². The second kappa shape index (κ2) is 4.90. The third kappa shape index (κ3) is 2.35. The number of hydrogen-bond donors (Lipinski definition) is 0. The lowest BCUT2D eigenvalue weighted by molar-refractivity contribution is 0.958. The van der Waals surface area contributed by atoms with Gasteiger partial charge in [0.15, 0.2) is 0 Å². The van der Waals surface area contributed by atoms with Crippen molar-refractivity contribution in [3.05, 3.63) is 71.3 Å². The lowest BCUT2D eigenvalue weighted by Crippen LogP contribution is -2.04. The van der Waals surface area contributed by atoms with Gasteiger partial charge < -0.3 is 0 Å². The SMILES string of the molecule is C=C1CC(c2ccc(C)cc2)Sc2cccc(C)c21. The van der Waals surface area contributed by atoms with Gasteiger partial charge in [-0.15, -0.1) is 11.8 Å². The Morgan fingerprint density at radius 2 is 1.79 bits per heavy atom. The molecule has 1 unspecified atom stereocenters. The van der Waals surface area contributed by atoms with E-state index < -0.39 is 0 Å². The lowest BCUT2D eigenvalue weighted by Gasteiger charge is -2.27. The molecule has 19 heavy (non-hydrogen) atoms. The summed E-state index contributed by atoms with van der Waals surface area (Å²) in [6.45, 7) is 8.61. The van der Waals surface area contributed by atoms with Crippen molar-refractivity contribution >= 4 is 17.3 Å². The number of hydrogen-bond acceptors (Lipinski definition) is 1. The van der Waals surface area contributed by atoms with Crippen molar-refractivity contribution in [2.75, 3.05) is 0 Å². The van der Waals surface area contributed by atoms with Crippen LogP contribution in [0.5, 0.6) is 0 Å². The van der Waals surface area contributed by atoms with Crippen molar-refractivity contribution in [1.29, 1.82) is 0 Å². The Bertz CT molecular complexity index is 623. The molecule has 0 amide bonds. The van der Waals surface area contributed by atoms with E-state index in [-0.39, 0.29) is 0 Å². The normalized spacial score (nSPS) is 18.2. The van der Waals surface area contributed by atoms with Crippen LogP contribution in [0.3, 0.4) is 0 Å². The molecule has 0 fully saturated rings. The summed E-state index contributed by atoms with van der Waals surface area (Å²) in [7, 11) is 0. The summed E-state index contributed by atoms with van der Waals surface area (Å²) < 4.78 is 0. The molecule has 2 aromatic rings. The van der Waals surface area contributed by atoms with E-state index in [1.54, 1.807) is 0 Å². The summed E-state index contributed by atoms with van der Waals surface area (Å²) in [4.78, 5) is 1.38. The monoisotopic (exact) mass is 266 g/mol. The minimum atomic E-state index is 0.502. The zero-order valence-electron chi connectivity index (χ0n) is 11.4. The third-order valence-electron chi connectivity index (χ3n) is 3.74. The summed E-state index contributed by atoms with van der Waals surface area (Å²) in [5, 5.41) is 0.502. The fourth-order valence-corrected chi connectivity index (χ4v) is 4.14. The summed E-state index contributed by atoms with van der Waals surface area (Å²) >= 11 is 1.97. The van der Waals surface area contributed by atoms with Gasteiger partial charge in [0.05, 0.1) is 0 Å². The quantitative estimate of drug-likeness (QED) is 0.651. The van der Waals surface area contributed by atoms with Gasteiger partial charge >= 0.3 is 0 Å². The first kappa shape index (κ1) is 12.6. The smallest absolute Gasteiger partial charge is 0.0385 e. The van der Waals surface area contributed by atoms with E-state index in [2.05, 4.69) is 62.9 Å². The van der Waals surface area contributed by atoms with E-state index in [0.29, 0.717) is 5.25 Å². The Morgan fingerprint density at radius 3 is 2.53 bits per heavy atom. The summed E-state index contributed by atoms with van der Waals surface area (Å²) in [5.74, 6) is 0. The van der Waals surface area contributed by atoms with E-state index in [9.17, 15) is 0 Å². The fraction of sp³-hybridized carbons (Fsp3) is 0.222. The van der Waals surface area contributed by atoms with Crippen LogP contribution in [-0.2, 0) is 0 Å². The fourth-order valence-electron chi connectivity index (χ4n) is 2.68. The maximum Gasteiger partial charge on any atom is 0.0385 e. The number of thioether (sulfide) groups is 1. The molecule has 0 N–H and O–H groups in total. The van der Waals surface area contributed by atoms with Gasteiger partial charge in [0.1, 0.15) is 0 Å². The van der Waals surface area contributed by atoms with Crippen LogP contribution in [0.2, 0.25) is 0 Å². The molecule has 3 rings (SSSR count). The molecule has 0 spiro atoms. The zero-order valence-corrected chi connectivity index (χ0v) is 12.3.